The maximum atomic E-state index is 10.4. The third-order valence-electron chi connectivity index (χ3n) is 1.91. The van der Waals surface area contributed by atoms with Crippen LogP contribution in [0.3, 0.4) is 0 Å². The Morgan fingerprint density at radius 2 is 1.81 bits per heavy atom. The van der Waals surface area contributed by atoms with Crippen LogP contribution in [0.25, 0.3) is 11.5 Å². The van der Waals surface area contributed by atoms with E-state index >= 15 is 0 Å². The molecule has 16 heavy (non-hydrogen) atoms. The Balaban J connectivity index is 0.000000606. The molecule has 0 amide bonds. The molecular weight excluding hydrogens is 202 g/mol. The van der Waals surface area contributed by atoms with Crippen molar-refractivity contribution in [1.29, 1.82) is 0 Å². The van der Waals surface area contributed by atoms with E-state index in [4.69, 9.17) is 4.42 Å². The number of aldehydes is 1. The average Bonchev–Trinajstić information content (AvgIpc) is 2.79. The van der Waals surface area contributed by atoms with E-state index in [1.807, 2.05) is 32.9 Å². The van der Waals surface area contributed by atoms with Crippen LogP contribution >= 0.6 is 0 Å². The van der Waals surface area contributed by atoms with E-state index in [2.05, 4.69) is 4.98 Å². The summed E-state index contributed by atoms with van der Waals surface area (Å²) >= 11 is 0. The minimum atomic E-state index is 0.583. The molecule has 0 fully saturated rings. The maximum absolute atomic E-state index is 10.4. The van der Waals surface area contributed by atoms with E-state index in [9.17, 15) is 4.79 Å². The van der Waals surface area contributed by atoms with Gasteiger partial charge in [-0.2, -0.15) is 0 Å². The molecule has 0 saturated heterocycles. The molecule has 0 aliphatic rings. The predicted molar refractivity (Wildman–Crippen MR) is 63.4 cm³/mol. The molecule has 3 heteroatoms. The van der Waals surface area contributed by atoms with Crippen molar-refractivity contribution in [2.24, 2.45) is 0 Å². The molecule has 0 aliphatic heterocycles. The fourth-order valence-electron chi connectivity index (χ4n) is 1.19. The van der Waals surface area contributed by atoms with Gasteiger partial charge in [0, 0.05) is 11.1 Å². The second-order valence-electron chi connectivity index (χ2n) is 3.02. The average molecular weight is 217 g/mol. The van der Waals surface area contributed by atoms with Crippen LogP contribution in [0.5, 0.6) is 0 Å². The van der Waals surface area contributed by atoms with Crippen LogP contribution in [0.2, 0.25) is 0 Å². The Morgan fingerprint density at radius 3 is 2.25 bits per heavy atom. The highest BCUT2D eigenvalue weighted by atomic mass is 16.4. The molecule has 84 valence electrons. The van der Waals surface area contributed by atoms with Crippen molar-refractivity contribution in [2.75, 3.05) is 0 Å². The van der Waals surface area contributed by atoms with E-state index in [0.29, 0.717) is 11.5 Å². The van der Waals surface area contributed by atoms with Crippen LogP contribution in [-0.2, 0) is 0 Å². The number of carbonyl (C=O) groups excluding carboxylic acids is 1. The van der Waals surface area contributed by atoms with Crippen molar-refractivity contribution in [3.05, 3.63) is 41.8 Å². The zero-order valence-corrected chi connectivity index (χ0v) is 9.73. The number of hydrogen-bond donors (Lipinski definition) is 0. The quantitative estimate of drug-likeness (QED) is 0.723. The Hall–Kier alpha value is -1.90. The lowest BCUT2D eigenvalue weighted by molar-refractivity contribution is 0.112. The van der Waals surface area contributed by atoms with Crippen LogP contribution < -0.4 is 0 Å². The van der Waals surface area contributed by atoms with Gasteiger partial charge in [-0.25, -0.2) is 4.98 Å². The van der Waals surface area contributed by atoms with E-state index < -0.39 is 0 Å². The molecule has 2 rings (SSSR count). The van der Waals surface area contributed by atoms with Crippen molar-refractivity contribution in [1.82, 2.24) is 4.98 Å². The predicted octanol–water partition coefficient (Wildman–Crippen LogP) is 3.49. The van der Waals surface area contributed by atoms with Gasteiger partial charge < -0.3 is 4.42 Å². The molecule has 0 aliphatic carbocycles. The maximum Gasteiger partial charge on any atom is 0.226 e. The highest BCUT2D eigenvalue weighted by Gasteiger charge is 2.03. The molecular formula is C13H15NO2. The summed E-state index contributed by atoms with van der Waals surface area (Å²) < 4.78 is 5.34. The SMILES string of the molecule is CC.Cc1cnc(-c2ccc(C=O)cc2)o1. The van der Waals surface area contributed by atoms with Crippen LogP contribution in [-0.4, -0.2) is 11.3 Å². The van der Waals surface area contributed by atoms with Gasteiger partial charge in [-0.1, -0.05) is 26.0 Å². The van der Waals surface area contributed by atoms with Gasteiger partial charge in [0.25, 0.3) is 0 Å². The van der Waals surface area contributed by atoms with Gasteiger partial charge in [0.2, 0.25) is 5.89 Å². The van der Waals surface area contributed by atoms with Crippen molar-refractivity contribution in [3.8, 4) is 11.5 Å². The largest absolute Gasteiger partial charge is 0.441 e. The van der Waals surface area contributed by atoms with Gasteiger partial charge in [0.05, 0.1) is 6.20 Å². The smallest absolute Gasteiger partial charge is 0.226 e. The summed E-state index contributed by atoms with van der Waals surface area (Å²) in [6, 6.07) is 7.10. The van der Waals surface area contributed by atoms with Crippen molar-refractivity contribution >= 4 is 6.29 Å². The second kappa shape index (κ2) is 5.85. The molecule has 0 spiro atoms. The number of hydrogen-bond acceptors (Lipinski definition) is 3. The number of rotatable bonds is 2. The number of benzene rings is 1. The molecule has 1 heterocycles. The zero-order chi connectivity index (χ0) is 12.0. The van der Waals surface area contributed by atoms with Gasteiger partial charge in [-0.3, -0.25) is 4.79 Å². The first-order valence-electron chi connectivity index (χ1n) is 5.27. The van der Waals surface area contributed by atoms with E-state index in [0.717, 1.165) is 17.6 Å². The molecule has 0 atom stereocenters. The van der Waals surface area contributed by atoms with E-state index in [1.165, 1.54) is 0 Å². The lowest BCUT2D eigenvalue weighted by atomic mass is 10.1. The molecule has 2 aromatic rings. The third-order valence-corrected chi connectivity index (χ3v) is 1.91. The topological polar surface area (TPSA) is 43.1 Å². The summed E-state index contributed by atoms with van der Waals surface area (Å²) in [4.78, 5) is 14.5. The third kappa shape index (κ3) is 2.79. The first-order chi connectivity index (χ1) is 7.79. The van der Waals surface area contributed by atoms with Crippen LogP contribution in [0.4, 0.5) is 0 Å². The number of aryl methyl sites for hydroxylation is 1. The van der Waals surface area contributed by atoms with Crippen molar-refractivity contribution < 1.29 is 9.21 Å². The van der Waals surface area contributed by atoms with Crippen molar-refractivity contribution in [3.63, 3.8) is 0 Å². The molecule has 1 aromatic heterocycles. The molecule has 0 bridgehead atoms. The highest BCUT2D eigenvalue weighted by molar-refractivity contribution is 5.75. The van der Waals surface area contributed by atoms with Gasteiger partial charge >= 0.3 is 0 Å². The summed E-state index contributed by atoms with van der Waals surface area (Å²) in [6.45, 7) is 5.84. The zero-order valence-electron chi connectivity index (χ0n) is 9.73. The lowest BCUT2D eigenvalue weighted by Gasteiger charge is -1.94. The molecule has 0 unspecified atom stereocenters. The van der Waals surface area contributed by atoms with E-state index in [1.54, 1.807) is 18.3 Å². The minimum absolute atomic E-state index is 0.583. The minimum Gasteiger partial charge on any atom is -0.441 e. The number of carbonyl (C=O) groups is 1. The number of oxazole rings is 1. The number of aromatic nitrogens is 1. The Labute approximate surface area is 95.1 Å². The Kier molecular flexibility index (Phi) is 4.45. The highest BCUT2D eigenvalue weighted by Crippen LogP contribution is 2.18. The fourth-order valence-corrected chi connectivity index (χ4v) is 1.19. The summed E-state index contributed by atoms with van der Waals surface area (Å²) in [7, 11) is 0. The standard InChI is InChI=1S/C11H9NO2.C2H6/c1-8-6-12-11(14-8)10-4-2-9(7-13)3-5-10;1-2/h2-7H,1H3;1-2H3. The second-order valence-corrected chi connectivity index (χ2v) is 3.02. The molecule has 3 nitrogen and oxygen atoms in total. The Bertz CT molecular complexity index is 443. The summed E-state index contributed by atoms with van der Waals surface area (Å²) in [6.07, 6.45) is 2.48. The lowest BCUT2D eigenvalue weighted by Crippen LogP contribution is -1.80. The summed E-state index contributed by atoms with van der Waals surface area (Å²) in [5.74, 6) is 1.36. The summed E-state index contributed by atoms with van der Waals surface area (Å²) in [5, 5.41) is 0. The number of nitrogens with zero attached hydrogens (tertiary/aromatic N) is 1. The van der Waals surface area contributed by atoms with Crippen LogP contribution in [0, 0.1) is 6.92 Å². The molecule has 0 radical (unpaired) electrons. The molecule has 1 aromatic carbocycles. The molecule has 0 saturated carbocycles. The van der Waals surface area contributed by atoms with Crippen LogP contribution in [0.1, 0.15) is 30.0 Å². The first-order valence-corrected chi connectivity index (χ1v) is 5.27. The van der Waals surface area contributed by atoms with Gasteiger partial charge in [-0.15, -0.1) is 0 Å². The Morgan fingerprint density at radius 1 is 1.19 bits per heavy atom. The van der Waals surface area contributed by atoms with Gasteiger partial charge in [0.1, 0.15) is 12.0 Å². The molecule has 0 N–H and O–H groups in total. The normalized spacial score (nSPS) is 9.19. The summed E-state index contributed by atoms with van der Waals surface area (Å²) in [5.41, 5.74) is 1.53. The monoisotopic (exact) mass is 217 g/mol. The van der Waals surface area contributed by atoms with Crippen LogP contribution in [0.15, 0.2) is 34.9 Å². The van der Waals surface area contributed by atoms with E-state index in [-0.39, 0.29) is 0 Å². The fraction of sp³-hybridized carbons (Fsp3) is 0.231. The van der Waals surface area contributed by atoms with Gasteiger partial charge in [-0.05, 0) is 19.1 Å². The van der Waals surface area contributed by atoms with Crippen molar-refractivity contribution in [2.45, 2.75) is 20.8 Å². The van der Waals surface area contributed by atoms with Gasteiger partial charge in [0.15, 0.2) is 0 Å². The first kappa shape index (κ1) is 12.2.